The lowest BCUT2D eigenvalue weighted by Crippen LogP contribution is -2.35. The number of nitrogens with zero attached hydrogens (tertiary/aromatic N) is 1. The zero-order valence-electron chi connectivity index (χ0n) is 18.3. The maximum absolute atomic E-state index is 13.2. The Morgan fingerprint density at radius 2 is 1.88 bits per heavy atom. The average Bonchev–Trinajstić information content (AvgIpc) is 3.27. The SMILES string of the molecule is COc1ccc(NC(=O)N(Cc2cccs2)Cc2cc3c(C)cc(C)cc3[nH]c2=O)cc1. The minimum atomic E-state index is -0.274. The van der Waals surface area contributed by atoms with Crippen molar-refractivity contribution in [3.63, 3.8) is 0 Å². The molecule has 0 fully saturated rings. The molecule has 2 heterocycles. The summed E-state index contributed by atoms with van der Waals surface area (Å²) in [5, 5.41) is 5.88. The molecule has 2 aromatic heterocycles. The molecule has 0 saturated carbocycles. The number of pyridine rings is 1. The standard InChI is InChI=1S/C25H25N3O3S/c1-16-11-17(2)22-13-18(24(29)27-23(22)12-16)14-28(15-21-5-4-10-32-21)25(30)26-19-6-8-20(31-3)9-7-19/h4-13H,14-15H2,1-3H3,(H,26,30)(H,27,29). The number of hydrogen-bond donors (Lipinski definition) is 2. The quantitative estimate of drug-likeness (QED) is 0.413. The van der Waals surface area contributed by atoms with Crippen molar-refractivity contribution in [2.45, 2.75) is 26.9 Å². The Balaban J connectivity index is 1.63. The van der Waals surface area contributed by atoms with Gasteiger partial charge in [0.2, 0.25) is 0 Å². The third kappa shape index (κ3) is 4.84. The Bertz CT molecular complexity index is 1290. The maximum atomic E-state index is 13.2. The van der Waals surface area contributed by atoms with E-state index in [1.165, 1.54) is 0 Å². The van der Waals surface area contributed by atoms with Gasteiger partial charge in [0, 0.05) is 27.0 Å². The number of rotatable bonds is 6. The summed E-state index contributed by atoms with van der Waals surface area (Å²) in [5.41, 5.74) is 4.01. The zero-order valence-corrected chi connectivity index (χ0v) is 19.1. The van der Waals surface area contributed by atoms with E-state index in [0.717, 1.165) is 26.9 Å². The smallest absolute Gasteiger partial charge is 0.322 e. The second-order valence-electron chi connectivity index (χ2n) is 7.76. The van der Waals surface area contributed by atoms with E-state index in [2.05, 4.69) is 16.4 Å². The lowest BCUT2D eigenvalue weighted by molar-refractivity contribution is 0.207. The molecule has 7 heteroatoms. The molecular formula is C25H25N3O3S. The molecule has 2 aromatic carbocycles. The van der Waals surface area contributed by atoms with Crippen molar-refractivity contribution in [2.75, 3.05) is 12.4 Å². The van der Waals surface area contributed by atoms with Crippen LogP contribution < -0.4 is 15.6 Å². The van der Waals surface area contributed by atoms with E-state index in [1.807, 2.05) is 43.5 Å². The molecule has 0 atom stereocenters. The van der Waals surface area contributed by atoms with Crippen LogP contribution in [0, 0.1) is 13.8 Å². The number of aromatic nitrogens is 1. The third-order valence-electron chi connectivity index (χ3n) is 5.31. The number of urea groups is 1. The lowest BCUT2D eigenvalue weighted by Gasteiger charge is -2.23. The van der Waals surface area contributed by atoms with Crippen molar-refractivity contribution in [2.24, 2.45) is 0 Å². The number of H-pyrrole nitrogens is 1. The molecule has 0 radical (unpaired) electrons. The Morgan fingerprint density at radius 3 is 2.56 bits per heavy atom. The summed E-state index contributed by atoms with van der Waals surface area (Å²) in [7, 11) is 1.60. The van der Waals surface area contributed by atoms with Gasteiger partial charge in [-0.2, -0.15) is 0 Å². The number of nitrogens with one attached hydrogen (secondary N) is 2. The summed E-state index contributed by atoms with van der Waals surface area (Å²) in [6.45, 7) is 4.63. The number of thiophene rings is 1. The Labute approximate surface area is 190 Å². The summed E-state index contributed by atoms with van der Waals surface area (Å²) < 4.78 is 5.18. The minimum Gasteiger partial charge on any atom is -0.497 e. The number of anilines is 1. The van der Waals surface area contributed by atoms with Gasteiger partial charge in [0.1, 0.15) is 5.75 Å². The van der Waals surface area contributed by atoms with Crippen LogP contribution in [0.5, 0.6) is 5.75 Å². The fraction of sp³-hybridized carbons (Fsp3) is 0.200. The van der Waals surface area contributed by atoms with E-state index in [0.29, 0.717) is 23.5 Å². The number of aromatic amines is 1. The molecule has 0 aliphatic heterocycles. The zero-order chi connectivity index (χ0) is 22.7. The summed E-state index contributed by atoms with van der Waals surface area (Å²) in [6.07, 6.45) is 0. The first-order valence-electron chi connectivity index (χ1n) is 10.3. The van der Waals surface area contributed by atoms with Crippen molar-refractivity contribution in [1.82, 2.24) is 9.88 Å². The number of hydrogen-bond acceptors (Lipinski definition) is 4. The Kier molecular flexibility index (Phi) is 6.28. The topological polar surface area (TPSA) is 74.4 Å². The number of amides is 2. The van der Waals surface area contributed by atoms with E-state index >= 15 is 0 Å². The van der Waals surface area contributed by atoms with Gasteiger partial charge < -0.3 is 19.9 Å². The van der Waals surface area contributed by atoms with Gasteiger partial charge in [-0.1, -0.05) is 12.1 Å². The van der Waals surface area contributed by atoms with Gasteiger partial charge in [-0.05, 0) is 72.8 Å². The highest BCUT2D eigenvalue weighted by Crippen LogP contribution is 2.21. The molecule has 0 aliphatic rings. The number of carbonyl (C=O) groups excluding carboxylic acids is 1. The summed E-state index contributed by atoms with van der Waals surface area (Å²) in [6, 6.07) is 16.8. The highest BCUT2D eigenvalue weighted by atomic mass is 32.1. The monoisotopic (exact) mass is 447 g/mol. The maximum Gasteiger partial charge on any atom is 0.322 e. The molecule has 0 saturated heterocycles. The molecule has 2 N–H and O–H groups in total. The van der Waals surface area contributed by atoms with Gasteiger partial charge in [0.25, 0.3) is 5.56 Å². The predicted molar refractivity (Wildman–Crippen MR) is 130 cm³/mol. The van der Waals surface area contributed by atoms with Gasteiger partial charge in [-0.25, -0.2) is 4.79 Å². The van der Waals surface area contributed by atoms with Crippen LogP contribution in [0.25, 0.3) is 10.9 Å². The first kappa shape index (κ1) is 21.6. The molecule has 4 rings (SSSR count). The van der Waals surface area contributed by atoms with Gasteiger partial charge in [-0.3, -0.25) is 4.79 Å². The molecule has 2 amide bonds. The van der Waals surface area contributed by atoms with Crippen molar-refractivity contribution < 1.29 is 9.53 Å². The van der Waals surface area contributed by atoms with Gasteiger partial charge in [-0.15, -0.1) is 11.3 Å². The van der Waals surface area contributed by atoms with E-state index < -0.39 is 0 Å². The Morgan fingerprint density at radius 1 is 1.09 bits per heavy atom. The van der Waals surface area contributed by atoms with Crippen LogP contribution in [-0.4, -0.2) is 23.0 Å². The second-order valence-corrected chi connectivity index (χ2v) is 8.79. The van der Waals surface area contributed by atoms with Crippen LogP contribution in [-0.2, 0) is 13.1 Å². The van der Waals surface area contributed by atoms with Crippen LogP contribution in [0.15, 0.2) is 64.8 Å². The third-order valence-corrected chi connectivity index (χ3v) is 6.17. The van der Waals surface area contributed by atoms with E-state index in [-0.39, 0.29) is 18.1 Å². The minimum absolute atomic E-state index is 0.184. The van der Waals surface area contributed by atoms with Crippen LogP contribution in [0.4, 0.5) is 10.5 Å². The predicted octanol–water partition coefficient (Wildman–Crippen LogP) is 5.45. The first-order chi connectivity index (χ1) is 15.4. The number of ether oxygens (including phenoxy) is 1. The molecule has 0 spiro atoms. The van der Waals surface area contributed by atoms with Crippen molar-refractivity contribution in [3.8, 4) is 5.75 Å². The summed E-state index contributed by atoms with van der Waals surface area (Å²) >= 11 is 1.58. The summed E-state index contributed by atoms with van der Waals surface area (Å²) in [5.74, 6) is 0.715. The van der Waals surface area contributed by atoms with Gasteiger partial charge >= 0.3 is 6.03 Å². The van der Waals surface area contributed by atoms with Crippen molar-refractivity contribution >= 4 is 34.0 Å². The second kappa shape index (κ2) is 9.28. The van der Waals surface area contributed by atoms with E-state index in [4.69, 9.17) is 4.74 Å². The number of methoxy groups -OCH3 is 1. The number of carbonyl (C=O) groups is 1. The molecule has 0 bridgehead atoms. The normalized spacial score (nSPS) is 10.8. The van der Waals surface area contributed by atoms with Crippen LogP contribution in [0.3, 0.4) is 0 Å². The molecule has 4 aromatic rings. The van der Waals surface area contributed by atoms with Gasteiger partial charge in [0.05, 0.1) is 20.2 Å². The largest absolute Gasteiger partial charge is 0.497 e. The summed E-state index contributed by atoms with van der Waals surface area (Å²) in [4.78, 5) is 31.6. The fourth-order valence-corrected chi connectivity index (χ4v) is 4.43. The number of benzene rings is 2. The number of fused-ring (bicyclic) bond motifs is 1. The van der Waals surface area contributed by atoms with Gasteiger partial charge in [0.15, 0.2) is 0 Å². The average molecular weight is 448 g/mol. The molecular weight excluding hydrogens is 422 g/mol. The molecule has 6 nitrogen and oxygen atoms in total. The van der Waals surface area contributed by atoms with Crippen LogP contribution in [0.2, 0.25) is 0 Å². The number of aryl methyl sites for hydroxylation is 2. The molecule has 0 unspecified atom stereocenters. The first-order valence-corrected chi connectivity index (χ1v) is 11.2. The van der Waals surface area contributed by atoms with Crippen molar-refractivity contribution in [3.05, 3.63) is 91.9 Å². The van der Waals surface area contributed by atoms with Crippen LogP contribution in [0.1, 0.15) is 21.6 Å². The molecule has 164 valence electrons. The highest BCUT2D eigenvalue weighted by Gasteiger charge is 2.18. The lowest BCUT2D eigenvalue weighted by atomic mass is 10.0. The van der Waals surface area contributed by atoms with E-state index in [1.54, 1.807) is 47.6 Å². The van der Waals surface area contributed by atoms with E-state index in [9.17, 15) is 9.59 Å². The highest BCUT2D eigenvalue weighted by molar-refractivity contribution is 7.09. The van der Waals surface area contributed by atoms with Crippen LogP contribution >= 0.6 is 11.3 Å². The van der Waals surface area contributed by atoms with Crippen molar-refractivity contribution in [1.29, 1.82) is 0 Å². The molecule has 32 heavy (non-hydrogen) atoms. The fourth-order valence-electron chi connectivity index (χ4n) is 3.71. The Hall–Kier alpha value is -3.58. The molecule has 0 aliphatic carbocycles.